The predicted molar refractivity (Wildman–Crippen MR) is 83.6 cm³/mol. The van der Waals surface area contributed by atoms with Crippen molar-refractivity contribution in [1.82, 2.24) is 4.98 Å². The fourth-order valence-electron chi connectivity index (χ4n) is 3.19. The first-order valence-corrected chi connectivity index (χ1v) is 7.43. The summed E-state index contributed by atoms with van der Waals surface area (Å²) in [7, 11) is 0. The second kappa shape index (κ2) is 6.04. The Labute approximate surface area is 123 Å². The molecule has 1 aliphatic rings. The molecule has 2 aromatic rings. The Morgan fingerprint density at radius 1 is 1.14 bits per heavy atom. The van der Waals surface area contributed by atoms with Gasteiger partial charge in [0.2, 0.25) is 0 Å². The quantitative estimate of drug-likeness (QED) is 0.855. The van der Waals surface area contributed by atoms with E-state index in [1.165, 1.54) is 25.7 Å². The number of aromatic amines is 1. The third kappa shape index (κ3) is 2.94. The molecule has 4 nitrogen and oxygen atoms in total. The van der Waals surface area contributed by atoms with E-state index in [2.05, 4.69) is 10.2 Å². The second-order valence-electron chi connectivity index (χ2n) is 5.70. The number of aromatic nitrogens is 1. The molecule has 4 heteroatoms. The van der Waals surface area contributed by atoms with Crippen molar-refractivity contribution < 1.29 is 0 Å². The van der Waals surface area contributed by atoms with Crippen LogP contribution in [0.3, 0.4) is 0 Å². The third-order valence-electron chi connectivity index (χ3n) is 4.21. The van der Waals surface area contributed by atoms with E-state index < -0.39 is 0 Å². The number of hydrogen-bond donors (Lipinski definition) is 1. The van der Waals surface area contributed by atoms with Crippen LogP contribution in [-0.2, 0) is 6.42 Å². The Hall–Kier alpha value is -2.23. The van der Waals surface area contributed by atoms with Crippen molar-refractivity contribution in [3.05, 3.63) is 57.4 Å². The van der Waals surface area contributed by atoms with Gasteiger partial charge in [0, 0.05) is 5.69 Å². The summed E-state index contributed by atoms with van der Waals surface area (Å²) in [5.74, 6) is 0.614. The number of hydrogen-bond acceptors (Lipinski definition) is 3. The first kappa shape index (κ1) is 13.7. The van der Waals surface area contributed by atoms with Gasteiger partial charge in [0.05, 0.1) is 5.56 Å². The fraction of sp³-hybridized carbons (Fsp3) is 0.353. The Balaban J connectivity index is 1.99. The lowest BCUT2D eigenvalue weighted by Gasteiger charge is -2.10. The molecular formula is C17H18N2O2. The average molecular weight is 282 g/mol. The molecule has 108 valence electrons. The van der Waals surface area contributed by atoms with E-state index in [1.54, 1.807) is 6.07 Å². The van der Waals surface area contributed by atoms with Gasteiger partial charge < -0.3 is 4.98 Å². The van der Waals surface area contributed by atoms with Crippen LogP contribution in [0.25, 0.3) is 11.1 Å². The number of nitrogens with one attached hydrogen (secondary N) is 1. The Bertz CT molecular complexity index is 686. The highest BCUT2D eigenvalue weighted by atomic mass is 16.3. The third-order valence-corrected chi connectivity index (χ3v) is 4.21. The lowest BCUT2D eigenvalue weighted by Crippen LogP contribution is -2.13. The van der Waals surface area contributed by atoms with Gasteiger partial charge >= 0.3 is 0 Å². The maximum atomic E-state index is 12.3. The summed E-state index contributed by atoms with van der Waals surface area (Å²) < 4.78 is 0. The van der Waals surface area contributed by atoms with Crippen LogP contribution in [0.15, 0.2) is 46.4 Å². The number of pyridine rings is 1. The van der Waals surface area contributed by atoms with Gasteiger partial charge in [-0.3, -0.25) is 4.79 Å². The number of benzene rings is 1. The van der Waals surface area contributed by atoms with E-state index in [0.29, 0.717) is 11.5 Å². The molecule has 1 aromatic heterocycles. The zero-order valence-electron chi connectivity index (χ0n) is 11.8. The minimum atomic E-state index is -0.230. The van der Waals surface area contributed by atoms with Gasteiger partial charge in [0.25, 0.3) is 5.56 Å². The standard InChI is InChI=1S/C17H18N2O2/c20-17-16(13-8-2-1-3-9-13)15(19-21)11-14(18-17)10-12-6-4-5-7-12/h1-3,8-9,11-12H,4-7,10H2,(H,18,20). The molecule has 1 heterocycles. The topological polar surface area (TPSA) is 62.3 Å². The van der Waals surface area contributed by atoms with Crippen molar-refractivity contribution in [2.75, 3.05) is 0 Å². The molecule has 0 atom stereocenters. The minimum absolute atomic E-state index is 0.230. The van der Waals surface area contributed by atoms with Crippen LogP contribution in [0, 0.1) is 10.8 Å². The molecule has 0 unspecified atom stereocenters. The van der Waals surface area contributed by atoms with Crippen molar-refractivity contribution in [3.8, 4) is 11.1 Å². The van der Waals surface area contributed by atoms with Crippen molar-refractivity contribution in [1.29, 1.82) is 0 Å². The maximum Gasteiger partial charge on any atom is 0.258 e. The Kier molecular flexibility index (Phi) is 3.95. The highest BCUT2D eigenvalue weighted by Crippen LogP contribution is 2.30. The molecular weight excluding hydrogens is 264 g/mol. The maximum absolute atomic E-state index is 12.3. The summed E-state index contributed by atoms with van der Waals surface area (Å²) >= 11 is 0. The van der Waals surface area contributed by atoms with Crippen LogP contribution in [0.1, 0.15) is 31.4 Å². The average Bonchev–Trinajstić information content (AvgIpc) is 3.00. The van der Waals surface area contributed by atoms with Gasteiger partial charge in [0.1, 0.15) is 5.69 Å². The van der Waals surface area contributed by atoms with Gasteiger partial charge in [-0.25, -0.2) is 0 Å². The molecule has 0 radical (unpaired) electrons. The monoisotopic (exact) mass is 282 g/mol. The highest BCUT2D eigenvalue weighted by molar-refractivity contribution is 5.74. The van der Waals surface area contributed by atoms with E-state index in [-0.39, 0.29) is 11.2 Å². The van der Waals surface area contributed by atoms with Crippen LogP contribution in [0.5, 0.6) is 0 Å². The summed E-state index contributed by atoms with van der Waals surface area (Å²) in [6.45, 7) is 0. The Morgan fingerprint density at radius 2 is 1.86 bits per heavy atom. The van der Waals surface area contributed by atoms with Gasteiger partial charge in [-0.05, 0) is 29.1 Å². The molecule has 1 saturated carbocycles. The number of nitroso groups, excluding NO2 is 1. The molecule has 0 amide bonds. The normalized spacial score (nSPS) is 15.2. The zero-order chi connectivity index (χ0) is 14.7. The van der Waals surface area contributed by atoms with E-state index in [0.717, 1.165) is 17.7 Å². The number of rotatable bonds is 4. The summed E-state index contributed by atoms with van der Waals surface area (Å²) in [6, 6.07) is 10.9. The smallest absolute Gasteiger partial charge is 0.258 e. The summed E-state index contributed by atoms with van der Waals surface area (Å²) in [5.41, 5.74) is 1.91. The van der Waals surface area contributed by atoms with E-state index in [4.69, 9.17) is 0 Å². The van der Waals surface area contributed by atoms with Gasteiger partial charge in [-0.15, -0.1) is 4.91 Å². The Morgan fingerprint density at radius 3 is 2.52 bits per heavy atom. The van der Waals surface area contributed by atoms with Gasteiger partial charge in [-0.1, -0.05) is 56.0 Å². The first-order valence-electron chi connectivity index (χ1n) is 7.43. The molecule has 1 fully saturated rings. The summed E-state index contributed by atoms with van der Waals surface area (Å²) in [4.78, 5) is 26.4. The van der Waals surface area contributed by atoms with Crippen molar-refractivity contribution >= 4 is 5.69 Å². The number of nitrogens with zero attached hydrogens (tertiary/aromatic N) is 1. The van der Waals surface area contributed by atoms with Crippen LogP contribution < -0.4 is 5.56 Å². The SMILES string of the molecule is O=Nc1cc(CC2CCCC2)[nH]c(=O)c1-c1ccccc1. The van der Waals surface area contributed by atoms with Gasteiger partial charge in [0.15, 0.2) is 0 Å². The molecule has 0 spiro atoms. The largest absolute Gasteiger partial charge is 0.326 e. The van der Waals surface area contributed by atoms with Crippen molar-refractivity contribution in [3.63, 3.8) is 0 Å². The molecule has 0 saturated heterocycles. The van der Waals surface area contributed by atoms with Crippen molar-refractivity contribution in [2.24, 2.45) is 11.1 Å². The zero-order valence-corrected chi connectivity index (χ0v) is 11.8. The summed E-state index contributed by atoms with van der Waals surface area (Å²) in [6.07, 6.45) is 5.75. The van der Waals surface area contributed by atoms with Crippen LogP contribution >= 0.6 is 0 Å². The van der Waals surface area contributed by atoms with Crippen LogP contribution in [-0.4, -0.2) is 4.98 Å². The lowest BCUT2D eigenvalue weighted by molar-refractivity contribution is 0.538. The highest BCUT2D eigenvalue weighted by Gasteiger charge is 2.18. The molecule has 21 heavy (non-hydrogen) atoms. The molecule has 1 N–H and O–H groups in total. The predicted octanol–water partition coefficient (Wildman–Crippen LogP) is 4.17. The van der Waals surface area contributed by atoms with E-state index >= 15 is 0 Å². The van der Waals surface area contributed by atoms with Crippen LogP contribution in [0.2, 0.25) is 0 Å². The van der Waals surface area contributed by atoms with Gasteiger partial charge in [-0.2, -0.15) is 0 Å². The molecule has 3 rings (SSSR count). The minimum Gasteiger partial charge on any atom is -0.326 e. The van der Waals surface area contributed by atoms with E-state index in [9.17, 15) is 9.70 Å². The fourth-order valence-corrected chi connectivity index (χ4v) is 3.19. The summed E-state index contributed by atoms with van der Waals surface area (Å²) in [5, 5.41) is 3.07. The molecule has 1 aromatic carbocycles. The molecule has 0 aliphatic heterocycles. The molecule has 1 aliphatic carbocycles. The van der Waals surface area contributed by atoms with E-state index in [1.807, 2.05) is 30.3 Å². The van der Waals surface area contributed by atoms with Crippen molar-refractivity contribution in [2.45, 2.75) is 32.1 Å². The lowest BCUT2D eigenvalue weighted by atomic mass is 9.99. The first-order chi connectivity index (χ1) is 10.3. The molecule has 0 bridgehead atoms. The van der Waals surface area contributed by atoms with Crippen LogP contribution in [0.4, 0.5) is 5.69 Å². The number of H-pyrrole nitrogens is 1. The second-order valence-corrected chi connectivity index (χ2v) is 5.70.